The van der Waals surface area contributed by atoms with Gasteiger partial charge < -0.3 is 10.5 Å². The molecule has 1 unspecified atom stereocenters. The van der Waals surface area contributed by atoms with E-state index in [4.69, 9.17) is 10.5 Å². The maximum absolute atomic E-state index is 12.2. The second-order valence-corrected chi connectivity index (χ2v) is 3.33. The Labute approximate surface area is 90.6 Å². The predicted octanol–water partition coefficient (Wildman–Crippen LogP) is 1.01. The molecule has 1 aromatic rings. The first kappa shape index (κ1) is 12.9. The van der Waals surface area contributed by atoms with E-state index in [-0.39, 0.29) is 6.04 Å². The fourth-order valence-corrected chi connectivity index (χ4v) is 1.16. The monoisotopic (exact) mass is 235 g/mol. The van der Waals surface area contributed by atoms with Crippen LogP contribution < -0.4 is 5.73 Å². The fourth-order valence-electron chi connectivity index (χ4n) is 1.16. The van der Waals surface area contributed by atoms with Crippen molar-refractivity contribution in [1.82, 2.24) is 10.2 Å². The van der Waals surface area contributed by atoms with E-state index in [1.54, 1.807) is 0 Å². The Morgan fingerprint density at radius 2 is 2.06 bits per heavy atom. The normalized spacial score (nSPS) is 13.8. The van der Waals surface area contributed by atoms with E-state index >= 15 is 0 Å². The van der Waals surface area contributed by atoms with Crippen LogP contribution in [0.4, 0.5) is 13.2 Å². The van der Waals surface area contributed by atoms with E-state index in [0.717, 1.165) is 6.07 Å². The molecule has 0 bridgehead atoms. The Bertz CT molecular complexity index is 326. The van der Waals surface area contributed by atoms with Crippen molar-refractivity contribution in [3.05, 3.63) is 23.5 Å². The van der Waals surface area contributed by atoms with E-state index in [1.165, 1.54) is 13.2 Å². The van der Waals surface area contributed by atoms with Gasteiger partial charge in [-0.15, -0.1) is 5.10 Å². The Balaban J connectivity index is 2.65. The van der Waals surface area contributed by atoms with Crippen LogP contribution in [0.15, 0.2) is 12.1 Å². The lowest BCUT2D eigenvalue weighted by atomic mass is 10.1. The molecule has 1 rings (SSSR count). The minimum absolute atomic E-state index is 0.295. The molecule has 1 atom stereocenters. The van der Waals surface area contributed by atoms with Crippen molar-refractivity contribution in [2.75, 3.05) is 13.7 Å². The summed E-state index contributed by atoms with van der Waals surface area (Å²) in [5, 5.41) is 6.55. The standard InChI is InChI=1S/C9H12F3N3O/c1-16-5-6(13)4-7-2-3-8(15-14-7)9(10,11)12/h2-3,6H,4-5,13H2,1H3. The molecule has 0 aromatic carbocycles. The Hall–Kier alpha value is -1.21. The van der Waals surface area contributed by atoms with Crippen LogP contribution in [-0.2, 0) is 17.3 Å². The van der Waals surface area contributed by atoms with Crippen molar-refractivity contribution >= 4 is 0 Å². The molecule has 0 aliphatic heterocycles. The highest BCUT2D eigenvalue weighted by atomic mass is 19.4. The molecule has 7 heteroatoms. The molecule has 0 aliphatic carbocycles. The minimum Gasteiger partial charge on any atom is -0.383 e. The van der Waals surface area contributed by atoms with Crippen molar-refractivity contribution < 1.29 is 17.9 Å². The van der Waals surface area contributed by atoms with Crippen LogP contribution in [-0.4, -0.2) is 30.0 Å². The van der Waals surface area contributed by atoms with Gasteiger partial charge in [-0.25, -0.2) is 0 Å². The van der Waals surface area contributed by atoms with Crippen molar-refractivity contribution in [1.29, 1.82) is 0 Å². The molecule has 1 aromatic heterocycles. The number of nitrogens with zero attached hydrogens (tertiary/aromatic N) is 2. The van der Waals surface area contributed by atoms with Crippen molar-refractivity contribution in [2.24, 2.45) is 5.73 Å². The van der Waals surface area contributed by atoms with Gasteiger partial charge in [-0.1, -0.05) is 0 Å². The summed E-state index contributed by atoms with van der Waals surface area (Å²) in [5.41, 5.74) is 5.04. The number of halogens is 3. The molecule has 2 N–H and O–H groups in total. The summed E-state index contributed by atoms with van der Waals surface area (Å²) in [5.74, 6) is 0. The third-order valence-corrected chi connectivity index (χ3v) is 1.86. The third-order valence-electron chi connectivity index (χ3n) is 1.86. The van der Waals surface area contributed by atoms with Gasteiger partial charge in [-0.3, -0.25) is 0 Å². The number of alkyl halides is 3. The van der Waals surface area contributed by atoms with Gasteiger partial charge in [0.15, 0.2) is 5.69 Å². The van der Waals surface area contributed by atoms with Gasteiger partial charge in [-0.05, 0) is 12.1 Å². The number of ether oxygens (including phenoxy) is 1. The number of hydrogen-bond acceptors (Lipinski definition) is 4. The van der Waals surface area contributed by atoms with E-state index in [0.29, 0.717) is 18.7 Å². The van der Waals surface area contributed by atoms with Gasteiger partial charge in [0.1, 0.15) is 0 Å². The summed E-state index contributed by atoms with van der Waals surface area (Å²) in [7, 11) is 1.50. The first-order chi connectivity index (χ1) is 7.43. The molecule has 0 spiro atoms. The number of nitrogens with two attached hydrogens (primary N) is 1. The van der Waals surface area contributed by atoms with Crippen LogP contribution in [0, 0.1) is 0 Å². The van der Waals surface area contributed by atoms with Crippen molar-refractivity contribution in [3.63, 3.8) is 0 Å². The SMILES string of the molecule is COCC(N)Cc1ccc(C(F)(F)F)nn1. The predicted molar refractivity (Wildman–Crippen MR) is 50.6 cm³/mol. The second-order valence-electron chi connectivity index (χ2n) is 3.33. The summed E-state index contributed by atoms with van der Waals surface area (Å²) in [6, 6.07) is 1.86. The van der Waals surface area contributed by atoms with Crippen LogP contribution in [0.2, 0.25) is 0 Å². The highest BCUT2D eigenvalue weighted by molar-refractivity contribution is 5.10. The van der Waals surface area contributed by atoms with E-state index < -0.39 is 11.9 Å². The molecule has 0 saturated carbocycles. The highest BCUT2D eigenvalue weighted by Crippen LogP contribution is 2.26. The summed E-state index contributed by atoms with van der Waals surface area (Å²) in [6.45, 7) is 0.322. The average molecular weight is 235 g/mol. The molecule has 0 radical (unpaired) electrons. The van der Waals surface area contributed by atoms with Crippen LogP contribution in [0.5, 0.6) is 0 Å². The highest BCUT2D eigenvalue weighted by Gasteiger charge is 2.32. The van der Waals surface area contributed by atoms with Gasteiger partial charge in [0.2, 0.25) is 0 Å². The summed E-state index contributed by atoms with van der Waals surface area (Å²) in [6.07, 6.45) is -4.13. The maximum atomic E-state index is 12.2. The summed E-state index contributed by atoms with van der Waals surface area (Å²) < 4.78 is 41.3. The Morgan fingerprint density at radius 3 is 2.50 bits per heavy atom. The van der Waals surface area contributed by atoms with Gasteiger partial charge in [0.05, 0.1) is 12.3 Å². The van der Waals surface area contributed by atoms with Gasteiger partial charge in [0, 0.05) is 19.6 Å². The van der Waals surface area contributed by atoms with Crippen LogP contribution in [0.25, 0.3) is 0 Å². The first-order valence-corrected chi connectivity index (χ1v) is 4.58. The molecule has 4 nitrogen and oxygen atoms in total. The van der Waals surface area contributed by atoms with Crippen molar-refractivity contribution in [3.8, 4) is 0 Å². The summed E-state index contributed by atoms with van der Waals surface area (Å²) >= 11 is 0. The first-order valence-electron chi connectivity index (χ1n) is 4.58. The van der Waals surface area contributed by atoms with Crippen LogP contribution in [0.3, 0.4) is 0 Å². The quantitative estimate of drug-likeness (QED) is 0.846. The van der Waals surface area contributed by atoms with Gasteiger partial charge in [-0.2, -0.15) is 18.3 Å². The van der Waals surface area contributed by atoms with E-state index in [1.807, 2.05) is 0 Å². The van der Waals surface area contributed by atoms with E-state index in [9.17, 15) is 13.2 Å². The molecule has 0 aliphatic rings. The number of aromatic nitrogens is 2. The lowest BCUT2D eigenvalue weighted by Gasteiger charge is -2.09. The lowest BCUT2D eigenvalue weighted by molar-refractivity contribution is -0.141. The zero-order chi connectivity index (χ0) is 12.2. The molecule has 0 amide bonds. The molecule has 0 fully saturated rings. The number of rotatable bonds is 4. The number of methoxy groups -OCH3 is 1. The lowest BCUT2D eigenvalue weighted by Crippen LogP contribution is -2.28. The minimum atomic E-state index is -4.46. The number of hydrogen-bond donors (Lipinski definition) is 1. The molecule has 1 heterocycles. The Morgan fingerprint density at radius 1 is 1.38 bits per heavy atom. The van der Waals surface area contributed by atoms with Crippen molar-refractivity contribution in [2.45, 2.75) is 18.6 Å². The smallest absolute Gasteiger partial charge is 0.383 e. The zero-order valence-corrected chi connectivity index (χ0v) is 8.66. The molecular weight excluding hydrogens is 223 g/mol. The molecule has 0 saturated heterocycles. The second kappa shape index (κ2) is 5.22. The molecule has 90 valence electrons. The van der Waals surface area contributed by atoms with E-state index in [2.05, 4.69) is 10.2 Å². The third kappa shape index (κ3) is 3.74. The van der Waals surface area contributed by atoms with Crippen LogP contribution >= 0.6 is 0 Å². The van der Waals surface area contributed by atoms with Gasteiger partial charge in [0.25, 0.3) is 0 Å². The fraction of sp³-hybridized carbons (Fsp3) is 0.556. The van der Waals surface area contributed by atoms with Crippen LogP contribution in [0.1, 0.15) is 11.4 Å². The largest absolute Gasteiger partial charge is 0.435 e. The zero-order valence-electron chi connectivity index (χ0n) is 8.66. The molecule has 16 heavy (non-hydrogen) atoms. The topological polar surface area (TPSA) is 61.0 Å². The molecular formula is C9H12F3N3O. The summed E-state index contributed by atoms with van der Waals surface area (Å²) in [4.78, 5) is 0. The van der Waals surface area contributed by atoms with Gasteiger partial charge >= 0.3 is 6.18 Å². The maximum Gasteiger partial charge on any atom is 0.435 e. The Kier molecular flexibility index (Phi) is 4.19. The average Bonchev–Trinajstić information content (AvgIpc) is 2.17.